The van der Waals surface area contributed by atoms with Crippen LogP contribution < -0.4 is 5.73 Å². The lowest BCUT2D eigenvalue weighted by Gasteiger charge is -2.37. The molecule has 0 aromatic rings. The van der Waals surface area contributed by atoms with Gasteiger partial charge in [-0.05, 0) is 19.3 Å². The van der Waals surface area contributed by atoms with Crippen molar-refractivity contribution >= 4 is 12.4 Å². The van der Waals surface area contributed by atoms with Crippen molar-refractivity contribution in [2.75, 3.05) is 13.2 Å². The fraction of sp³-hybridized carbons (Fsp3) is 1.00. The number of fused-ring (bicyclic) bond motifs is 1. The number of nitrogens with two attached hydrogens (primary N) is 1. The second kappa shape index (κ2) is 4.42. The molecular weight excluding hydrogens is 178 g/mol. The van der Waals surface area contributed by atoms with Gasteiger partial charge in [0.2, 0.25) is 0 Å². The third-order valence-electron chi connectivity index (χ3n) is 2.52. The van der Waals surface area contributed by atoms with Crippen LogP contribution in [0.3, 0.4) is 0 Å². The molecule has 2 N–H and O–H groups in total. The fourth-order valence-corrected chi connectivity index (χ4v) is 1.90. The molecular formula is C8H16ClNO2. The average molecular weight is 194 g/mol. The normalized spacial score (nSPS) is 41.2. The van der Waals surface area contributed by atoms with Crippen molar-refractivity contribution in [2.45, 2.75) is 37.5 Å². The van der Waals surface area contributed by atoms with Crippen LogP contribution in [-0.4, -0.2) is 31.5 Å². The van der Waals surface area contributed by atoms with Crippen molar-refractivity contribution in [3.63, 3.8) is 0 Å². The molecule has 2 fully saturated rings. The van der Waals surface area contributed by atoms with Gasteiger partial charge in [0.15, 0.2) is 0 Å². The first kappa shape index (κ1) is 10.3. The van der Waals surface area contributed by atoms with E-state index in [1.165, 1.54) is 0 Å². The molecule has 1 aliphatic heterocycles. The van der Waals surface area contributed by atoms with Gasteiger partial charge in [-0.2, -0.15) is 0 Å². The highest BCUT2D eigenvalue weighted by Crippen LogP contribution is 2.25. The highest BCUT2D eigenvalue weighted by Gasteiger charge is 2.32. The Bertz CT molecular complexity index is 145. The summed E-state index contributed by atoms with van der Waals surface area (Å²) in [4.78, 5) is 0. The lowest BCUT2D eigenvalue weighted by atomic mass is 9.90. The van der Waals surface area contributed by atoms with Crippen molar-refractivity contribution in [3.8, 4) is 0 Å². The Morgan fingerprint density at radius 1 is 1.00 bits per heavy atom. The fourth-order valence-electron chi connectivity index (χ4n) is 1.90. The molecule has 3 unspecified atom stereocenters. The molecule has 4 heteroatoms. The van der Waals surface area contributed by atoms with E-state index in [4.69, 9.17) is 15.2 Å². The lowest BCUT2D eigenvalue weighted by molar-refractivity contribution is -0.156. The molecule has 72 valence electrons. The van der Waals surface area contributed by atoms with E-state index in [1.807, 2.05) is 0 Å². The summed E-state index contributed by atoms with van der Waals surface area (Å²) in [6.45, 7) is 1.50. The zero-order valence-electron chi connectivity index (χ0n) is 7.07. The van der Waals surface area contributed by atoms with Crippen LogP contribution in [0.4, 0.5) is 0 Å². The Hall–Kier alpha value is 0.170. The standard InChI is InChI=1S/C8H15NO2.ClH/c9-6-1-2-7-8(5-6)11-4-3-10-7;/h6-8H,1-5,9H2;1H. The monoisotopic (exact) mass is 193 g/mol. The zero-order chi connectivity index (χ0) is 7.68. The summed E-state index contributed by atoms with van der Waals surface area (Å²) < 4.78 is 11.1. The van der Waals surface area contributed by atoms with Crippen LogP contribution in [0.25, 0.3) is 0 Å². The van der Waals surface area contributed by atoms with Crippen molar-refractivity contribution in [2.24, 2.45) is 5.73 Å². The smallest absolute Gasteiger partial charge is 0.0852 e. The molecule has 12 heavy (non-hydrogen) atoms. The maximum Gasteiger partial charge on any atom is 0.0852 e. The maximum atomic E-state index is 5.81. The van der Waals surface area contributed by atoms with Crippen molar-refractivity contribution in [3.05, 3.63) is 0 Å². The van der Waals surface area contributed by atoms with Gasteiger partial charge in [-0.25, -0.2) is 0 Å². The summed E-state index contributed by atoms with van der Waals surface area (Å²) in [5.41, 5.74) is 5.81. The summed E-state index contributed by atoms with van der Waals surface area (Å²) in [6, 6.07) is 0.331. The minimum atomic E-state index is 0. The first-order valence-electron chi connectivity index (χ1n) is 4.35. The van der Waals surface area contributed by atoms with E-state index in [-0.39, 0.29) is 18.5 Å². The predicted octanol–water partition coefficient (Wildman–Crippen LogP) is 0.703. The molecule has 0 aromatic carbocycles. The average Bonchev–Trinajstić information content (AvgIpc) is 2.04. The third kappa shape index (κ3) is 2.10. The highest BCUT2D eigenvalue weighted by molar-refractivity contribution is 5.85. The molecule has 2 aliphatic rings. The summed E-state index contributed by atoms with van der Waals surface area (Å²) in [7, 11) is 0. The van der Waals surface area contributed by atoms with Gasteiger partial charge < -0.3 is 15.2 Å². The highest BCUT2D eigenvalue weighted by atomic mass is 35.5. The zero-order valence-corrected chi connectivity index (χ0v) is 7.89. The SMILES string of the molecule is Cl.NC1CCC2OCCOC2C1. The van der Waals surface area contributed by atoms with Gasteiger partial charge in [0.25, 0.3) is 0 Å². The summed E-state index contributed by atoms with van der Waals surface area (Å²) in [6.07, 6.45) is 3.76. The van der Waals surface area contributed by atoms with Crippen LogP contribution in [-0.2, 0) is 9.47 Å². The van der Waals surface area contributed by atoms with E-state index in [1.54, 1.807) is 0 Å². The van der Waals surface area contributed by atoms with Crippen molar-refractivity contribution in [1.29, 1.82) is 0 Å². The quantitative estimate of drug-likeness (QED) is 0.616. The van der Waals surface area contributed by atoms with Crippen LogP contribution in [0.2, 0.25) is 0 Å². The minimum Gasteiger partial charge on any atom is -0.373 e. The molecule has 2 rings (SSSR count). The largest absolute Gasteiger partial charge is 0.373 e. The molecule has 0 radical (unpaired) electrons. The van der Waals surface area contributed by atoms with E-state index in [9.17, 15) is 0 Å². The topological polar surface area (TPSA) is 44.5 Å². The lowest BCUT2D eigenvalue weighted by Crippen LogP contribution is -2.46. The molecule has 3 atom stereocenters. The predicted molar refractivity (Wildman–Crippen MR) is 48.6 cm³/mol. The van der Waals surface area contributed by atoms with Gasteiger partial charge in [-0.1, -0.05) is 0 Å². The van der Waals surface area contributed by atoms with Crippen LogP contribution in [0, 0.1) is 0 Å². The molecule has 1 saturated carbocycles. The Morgan fingerprint density at radius 2 is 1.67 bits per heavy atom. The van der Waals surface area contributed by atoms with Gasteiger partial charge in [0.1, 0.15) is 0 Å². The van der Waals surface area contributed by atoms with Crippen LogP contribution in [0.1, 0.15) is 19.3 Å². The number of ether oxygens (including phenoxy) is 2. The summed E-state index contributed by atoms with van der Waals surface area (Å²) in [5.74, 6) is 0. The molecule has 1 saturated heterocycles. The van der Waals surface area contributed by atoms with Crippen LogP contribution >= 0.6 is 12.4 Å². The molecule has 0 aromatic heterocycles. The van der Waals surface area contributed by atoms with E-state index < -0.39 is 0 Å². The molecule has 0 spiro atoms. The third-order valence-corrected chi connectivity index (χ3v) is 2.52. The molecule has 3 nitrogen and oxygen atoms in total. The summed E-state index contributed by atoms with van der Waals surface area (Å²) in [5, 5.41) is 0. The van der Waals surface area contributed by atoms with Gasteiger partial charge in [0.05, 0.1) is 25.4 Å². The minimum absolute atomic E-state index is 0. The maximum absolute atomic E-state index is 5.81. The molecule has 1 heterocycles. The Kier molecular flexibility index (Phi) is 3.77. The van der Waals surface area contributed by atoms with E-state index in [2.05, 4.69) is 0 Å². The second-order valence-corrected chi connectivity index (χ2v) is 3.39. The van der Waals surface area contributed by atoms with Crippen LogP contribution in [0.5, 0.6) is 0 Å². The van der Waals surface area contributed by atoms with Gasteiger partial charge >= 0.3 is 0 Å². The molecule has 0 amide bonds. The van der Waals surface area contributed by atoms with Gasteiger partial charge in [-0.15, -0.1) is 12.4 Å². The number of hydrogen-bond acceptors (Lipinski definition) is 3. The molecule has 0 bridgehead atoms. The first-order valence-corrected chi connectivity index (χ1v) is 4.35. The van der Waals surface area contributed by atoms with Crippen LogP contribution in [0.15, 0.2) is 0 Å². The van der Waals surface area contributed by atoms with Gasteiger partial charge in [-0.3, -0.25) is 0 Å². The van der Waals surface area contributed by atoms with Gasteiger partial charge in [0, 0.05) is 6.04 Å². The summed E-state index contributed by atoms with van der Waals surface area (Å²) >= 11 is 0. The van der Waals surface area contributed by atoms with E-state index in [0.29, 0.717) is 12.1 Å². The number of halogens is 1. The number of rotatable bonds is 0. The van der Waals surface area contributed by atoms with E-state index >= 15 is 0 Å². The molecule has 1 aliphatic carbocycles. The Morgan fingerprint density at radius 3 is 2.42 bits per heavy atom. The van der Waals surface area contributed by atoms with E-state index in [0.717, 1.165) is 32.5 Å². The Balaban J connectivity index is 0.000000720. The first-order chi connectivity index (χ1) is 5.36. The van der Waals surface area contributed by atoms with Crippen molar-refractivity contribution in [1.82, 2.24) is 0 Å². The second-order valence-electron chi connectivity index (χ2n) is 3.39. The Labute approximate surface area is 79.0 Å². The van der Waals surface area contributed by atoms with Crippen molar-refractivity contribution < 1.29 is 9.47 Å². The number of hydrogen-bond donors (Lipinski definition) is 1.